The van der Waals surface area contributed by atoms with Gasteiger partial charge >= 0.3 is 0 Å². The van der Waals surface area contributed by atoms with E-state index in [9.17, 15) is 4.79 Å². The predicted molar refractivity (Wildman–Crippen MR) is 86.4 cm³/mol. The van der Waals surface area contributed by atoms with Crippen LogP contribution >= 0.6 is 11.6 Å². The molecule has 0 radical (unpaired) electrons. The van der Waals surface area contributed by atoms with Crippen LogP contribution in [0.5, 0.6) is 0 Å². The molecule has 106 valence electrons. The number of carbonyl (C=O) groups is 1. The highest BCUT2D eigenvalue weighted by Gasteiger charge is 2.21. The van der Waals surface area contributed by atoms with Gasteiger partial charge in [-0.15, -0.1) is 0 Å². The summed E-state index contributed by atoms with van der Waals surface area (Å²) >= 11 is 6.15. The summed E-state index contributed by atoms with van der Waals surface area (Å²) in [6, 6.07) is 15.5. The lowest BCUT2D eigenvalue weighted by Crippen LogP contribution is -2.30. The van der Waals surface area contributed by atoms with Gasteiger partial charge in [-0.25, -0.2) is 0 Å². The third kappa shape index (κ3) is 2.69. The Balaban J connectivity index is 2.21. The summed E-state index contributed by atoms with van der Waals surface area (Å²) < 4.78 is 0. The predicted octanol–water partition coefficient (Wildman–Crippen LogP) is 3.54. The van der Waals surface area contributed by atoms with Crippen LogP contribution in [0.15, 0.2) is 53.5 Å². The van der Waals surface area contributed by atoms with Gasteiger partial charge in [0, 0.05) is 36.2 Å². The van der Waals surface area contributed by atoms with E-state index in [1.54, 1.807) is 18.0 Å². The molecule has 0 saturated carbocycles. The maximum atomic E-state index is 12.1. The number of anilines is 1. The number of carbonyl (C=O) groups excluding carboxylic acids is 1. The second kappa shape index (κ2) is 5.70. The van der Waals surface area contributed by atoms with Gasteiger partial charge in [0.2, 0.25) is 5.91 Å². The first kappa shape index (κ1) is 13.8. The number of benzene rings is 2. The molecule has 0 aliphatic carbocycles. The fraction of sp³-hybridized carbons (Fsp3) is 0.176. The number of rotatable bonds is 1. The Hall–Kier alpha value is -2.13. The lowest BCUT2D eigenvalue weighted by molar-refractivity contribution is -0.118. The first-order valence-corrected chi connectivity index (χ1v) is 7.21. The summed E-state index contributed by atoms with van der Waals surface area (Å²) in [7, 11) is 1.79. The first-order chi connectivity index (χ1) is 10.2. The van der Waals surface area contributed by atoms with E-state index in [-0.39, 0.29) is 5.91 Å². The standard InChI is InChI=1S/C17H15ClN2O/c1-20-15-8-7-13(18)11-14(15)17(19-10-9-16(20)21)12-5-3-2-4-6-12/h2-8,11H,9-10H2,1H3. The number of halogens is 1. The van der Waals surface area contributed by atoms with E-state index in [4.69, 9.17) is 11.6 Å². The Morgan fingerprint density at radius 1 is 1.14 bits per heavy atom. The van der Waals surface area contributed by atoms with Gasteiger partial charge in [-0.05, 0) is 18.2 Å². The Morgan fingerprint density at radius 2 is 1.90 bits per heavy atom. The minimum Gasteiger partial charge on any atom is -0.315 e. The molecule has 2 aromatic carbocycles. The molecule has 1 aliphatic heterocycles. The molecule has 0 N–H and O–H groups in total. The molecule has 2 aromatic rings. The number of fused-ring (bicyclic) bond motifs is 1. The van der Waals surface area contributed by atoms with Gasteiger partial charge in [-0.2, -0.15) is 0 Å². The fourth-order valence-corrected chi connectivity index (χ4v) is 2.66. The first-order valence-electron chi connectivity index (χ1n) is 6.83. The molecule has 0 fully saturated rings. The molecule has 3 rings (SSSR count). The van der Waals surface area contributed by atoms with E-state index in [1.165, 1.54) is 0 Å². The molecule has 1 heterocycles. The third-order valence-corrected chi connectivity index (χ3v) is 3.83. The maximum absolute atomic E-state index is 12.1. The average molecular weight is 299 g/mol. The molecule has 0 unspecified atom stereocenters. The minimum atomic E-state index is 0.0643. The SMILES string of the molecule is CN1C(=O)CCN=C(c2ccccc2)c2cc(Cl)ccc21. The zero-order chi connectivity index (χ0) is 14.8. The second-order valence-corrected chi connectivity index (χ2v) is 5.40. The van der Waals surface area contributed by atoms with Crippen molar-refractivity contribution in [2.24, 2.45) is 4.99 Å². The summed E-state index contributed by atoms with van der Waals surface area (Å²) in [5, 5.41) is 0.638. The second-order valence-electron chi connectivity index (χ2n) is 4.96. The van der Waals surface area contributed by atoms with Crippen molar-refractivity contribution < 1.29 is 4.79 Å². The van der Waals surface area contributed by atoms with E-state index in [0.717, 1.165) is 22.5 Å². The van der Waals surface area contributed by atoms with Crippen molar-refractivity contribution in [3.05, 3.63) is 64.7 Å². The van der Waals surface area contributed by atoms with Crippen LogP contribution in [-0.2, 0) is 4.79 Å². The zero-order valence-corrected chi connectivity index (χ0v) is 12.5. The summed E-state index contributed by atoms with van der Waals surface area (Å²) in [5.41, 5.74) is 3.65. The lowest BCUT2D eigenvalue weighted by Gasteiger charge is -2.24. The number of hydrogen-bond acceptors (Lipinski definition) is 2. The molecule has 3 nitrogen and oxygen atoms in total. The molecule has 21 heavy (non-hydrogen) atoms. The third-order valence-electron chi connectivity index (χ3n) is 3.59. The van der Waals surface area contributed by atoms with Crippen molar-refractivity contribution in [3.8, 4) is 0 Å². The van der Waals surface area contributed by atoms with E-state index in [1.807, 2.05) is 42.5 Å². The summed E-state index contributed by atoms with van der Waals surface area (Å²) in [6.07, 6.45) is 0.412. The topological polar surface area (TPSA) is 32.7 Å². The molecular weight excluding hydrogens is 284 g/mol. The van der Waals surface area contributed by atoms with Crippen LogP contribution < -0.4 is 4.90 Å². The van der Waals surface area contributed by atoms with Crippen molar-refractivity contribution in [2.75, 3.05) is 18.5 Å². The Morgan fingerprint density at radius 3 is 2.67 bits per heavy atom. The van der Waals surface area contributed by atoms with Gasteiger partial charge in [0.1, 0.15) is 0 Å². The molecule has 1 amide bonds. The van der Waals surface area contributed by atoms with E-state index < -0.39 is 0 Å². The normalized spacial score (nSPS) is 15.0. The number of aliphatic imine (C=N–C) groups is 1. The van der Waals surface area contributed by atoms with Crippen LogP contribution in [0.3, 0.4) is 0 Å². The molecule has 0 spiro atoms. The summed E-state index contributed by atoms with van der Waals surface area (Å²) in [4.78, 5) is 18.4. The van der Waals surface area contributed by atoms with Gasteiger partial charge in [0.15, 0.2) is 0 Å². The molecule has 0 aromatic heterocycles. The van der Waals surface area contributed by atoms with Gasteiger partial charge in [0.05, 0.1) is 11.4 Å². The molecule has 0 saturated heterocycles. The van der Waals surface area contributed by atoms with Gasteiger partial charge in [-0.1, -0.05) is 41.9 Å². The highest BCUT2D eigenvalue weighted by atomic mass is 35.5. The Kier molecular flexibility index (Phi) is 3.76. The smallest absolute Gasteiger partial charge is 0.228 e. The van der Waals surface area contributed by atoms with Gasteiger partial charge < -0.3 is 4.90 Å². The molecule has 1 aliphatic rings. The molecule has 0 atom stereocenters. The van der Waals surface area contributed by atoms with Crippen molar-refractivity contribution in [1.82, 2.24) is 0 Å². The molecular formula is C17H15ClN2O. The van der Waals surface area contributed by atoms with Crippen molar-refractivity contribution in [3.63, 3.8) is 0 Å². The van der Waals surface area contributed by atoms with Crippen molar-refractivity contribution in [2.45, 2.75) is 6.42 Å². The average Bonchev–Trinajstić information content (AvgIpc) is 2.50. The Bertz CT molecular complexity index is 710. The number of amides is 1. The summed E-state index contributed by atoms with van der Waals surface area (Å²) in [6.45, 7) is 0.485. The van der Waals surface area contributed by atoms with Crippen LogP contribution in [0.2, 0.25) is 5.02 Å². The zero-order valence-electron chi connectivity index (χ0n) is 11.7. The van der Waals surface area contributed by atoms with Crippen LogP contribution in [0.4, 0.5) is 5.69 Å². The van der Waals surface area contributed by atoms with E-state index >= 15 is 0 Å². The fourth-order valence-electron chi connectivity index (χ4n) is 2.48. The monoisotopic (exact) mass is 298 g/mol. The van der Waals surface area contributed by atoms with Crippen LogP contribution in [-0.4, -0.2) is 25.2 Å². The molecule has 4 heteroatoms. The number of nitrogens with zero attached hydrogens (tertiary/aromatic N) is 2. The van der Waals surface area contributed by atoms with Crippen LogP contribution in [0, 0.1) is 0 Å². The lowest BCUT2D eigenvalue weighted by atomic mass is 9.99. The van der Waals surface area contributed by atoms with Crippen LogP contribution in [0.1, 0.15) is 17.5 Å². The summed E-state index contributed by atoms with van der Waals surface area (Å²) in [5.74, 6) is 0.0643. The van der Waals surface area contributed by atoms with E-state index in [0.29, 0.717) is 18.0 Å². The van der Waals surface area contributed by atoms with Crippen molar-refractivity contribution in [1.29, 1.82) is 0 Å². The molecule has 0 bridgehead atoms. The number of hydrogen-bond donors (Lipinski definition) is 0. The van der Waals surface area contributed by atoms with Crippen molar-refractivity contribution >= 4 is 28.9 Å². The van der Waals surface area contributed by atoms with Gasteiger partial charge in [-0.3, -0.25) is 9.79 Å². The van der Waals surface area contributed by atoms with Crippen LogP contribution in [0.25, 0.3) is 0 Å². The van der Waals surface area contributed by atoms with Gasteiger partial charge in [0.25, 0.3) is 0 Å². The minimum absolute atomic E-state index is 0.0643. The quantitative estimate of drug-likeness (QED) is 0.792. The highest BCUT2D eigenvalue weighted by molar-refractivity contribution is 6.31. The largest absolute Gasteiger partial charge is 0.315 e. The highest BCUT2D eigenvalue weighted by Crippen LogP contribution is 2.28. The Labute approximate surface area is 128 Å². The maximum Gasteiger partial charge on any atom is 0.228 e. The van der Waals surface area contributed by atoms with E-state index in [2.05, 4.69) is 4.99 Å².